The Morgan fingerprint density at radius 3 is 2.42 bits per heavy atom. The lowest BCUT2D eigenvalue weighted by Gasteiger charge is -2.05. The van der Waals surface area contributed by atoms with Crippen LogP contribution in [-0.2, 0) is 9.53 Å². The summed E-state index contributed by atoms with van der Waals surface area (Å²) < 4.78 is 5.02. The standard InChI is InChI=1S/C10H16O2/c1-5-7-9(6-2)12-10(11)8(3)4/h7H,3,5-6H2,1-2,4H3. The third kappa shape index (κ3) is 3.96. The Morgan fingerprint density at radius 1 is 1.50 bits per heavy atom. The van der Waals surface area contributed by atoms with Gasteiger partial charge in [0.15, 0.2) is 0 Å². The first kappa shape index (κ1) is 11.0. The van der Waals surface area contributed by atoms with E-state index in [1.165, 1.54) is 0 Å². The lowest BCUT2D eigenvalue weighted by Crippen LogP contribution is -2.04. The molecule has 0 saturated heterocycles. The van der Waals surface area contributed by atoms with Gasteiger partial charge in [-0.15, -0.1) is 0 Å². The van der Waals surface area contributed by atoms with E-state index in [1.807, 2.05) is 19.9 Å². The van der Waals surface area contributed by atoms with E-state index in [0.29, 0.717) is 5.57 Å². The predicted octanol–water partition coefficient (Wildman–Crippen LogP) is 2.81. The SMILES string of the molecule is C=C(C)C(=O)OC(=CCC)CC. The maximum atomic E-state index is 11.0. The van der Waals surface area contributed by atoms with Gasteiger partial charge < -0.3 is 4.74 Å². The molecule has 0 aromatic heterocycles. The van der Waals surface area contributed by atoms with Crippen LogP contribution in [0.2, 0.25) is 0 Å². The first-order valence-electron chi connectivity index (χ1n) is 4.18. The molecule has 12 heavy (non-hydrogen) atoms. The molecule has 0 spiro atoms. The molecule has 0 bridgehead atoms. The number of hydrogen-bond acceptors (Lipinski definition) is 2. The summed E-state index contributed by atoms with van der Waals surface area (Å²) in [6.45, 7) is 9.10. The fraction of sp³-hybridized carbons (Fsp3) is 0.500. The minimum Gasteiger partial charge on any atom is -0.428 e. The summed E-state index contributed by atoms with van der Waals surface area (Å²) in [6.07, 6.45) is 3.53. The number of allylic oxidation sites excluding steroid dienone is 2. The Morgan fingerprint density at radius 2 is 2.08 bits per heavy atom. The van der Waals surface area contributed by atoms with Gasteiger partial charge in [0, 0.05) is 12.0 Å². The van der Waals surface area contributed by atoms with Crippen LogP contribution in [0.4, 0.5) is 0 Å². The molecule has 0 fully saturated rings. The van der Waals surface area contributed by atoms with Gasteiger partial charge in [0.2, 0.25) is 0 Å². The van der Waals surface area contributed by atoms with Crippen molar-refractivity contribution in [1.29, 1.82) is 0 Å². The summed E-state index contributed by atoms with van der Waals surface area (Å²) in [7, 11) is 0. The van der Waals surface area contributed by atoms with E-state index < -0.39 is 0 Å². The highest BCUT2D eigenvalue weighted by molar-refractivity contribution is 5.87. The number of rotatable bonds is 4. The van der Waals surface area contributed by atoms with E-state index in [0.717, 1.165) is 18.6 Å². The van der Waals surface area contributed by atoms with Gasteiger partial charge in [0.05, 0.1) is 0 Å². The van der Waals surface area contributed by atoms with Gasteiger partial charge in [-0.25, -0.2) is 4.79 Å². The topological polar surface area (TPSA) is 26.3 Å². The van der Waals surface area contributed by atoms with Crippen LogP contribution in [0.25, 0.3) is 0 Å². The molecule has 2 nitrogen and oxygen atoms in total. The van der Waals surface area contributed by atoms with Gasteiger partial charge in [-0.2, -0.15) is 0 Å². The highest BCUT2D eigenvalue weighted by Crippen LogP contribution is 2.07. The van der Waals surface area contributed by atoms with Crippen molar-refractivity contribution in [2.45, 2.75) is 33.6 Å². The molecule has 0 rings (SSSR count). The summed E-state index contributed by atoms with van der Waals surface area (Å²) in [5.74, 6) is 0.391. The van der Waals surface area contributed by atoms with E-state index in [4.69, 9.17) is 4.74 Å². The Hall–Kier alpha value is -1.05. The normalized spacial score (nSPS) is 11.1. The molecule has 2 heteroatoms. The molecule has 0 aliphatic heterocycles. The molecule has 0 atom stereocenters. The summed E-state index contributed by atoms with van der Waals surface area (Å²) in [5.41, 5.74) is 0.436. The third-order valence-electron chi connectivity index (χ3n) is 1.35. The molecule has 0 aliphatic carbocycles. The van der Waals surface area contributed by atoms with Crippen LogP contribution in [-0.4, -0.2) is 5.97 Å². The van der Waals surface area contributed by atoms with Gasteiger partial charge >= 0.3 is 5.97 Å². The molecule has 0 aliphatic rings. The van der Waals surface area contributed by atoms with Crippen molar-refractivity contribution >= 4 is 5.97 Å². The van der Waals surface area contributed by atoms with Gasteiger partial charge in [-0.05, 0) is 19.4 Å². The minimum absolute atomic E-state index is 0.337. The van der Waals surface area contributed by atoms with Crippen molar-refractivity contribution in [3.8, 4) is 0 Å². The fourth-order valence-electron chi connectivity index (χ4n) is 0.692. The maximum absolute atomic E-state index is 11.0. The average molecular weight is 168 g/mol. The molecule has 0 radical (unpaired) electrons. The number of esters is 1. The second-order valence-corrected chi connectivity index (χ2v) is 2.60. The van der Waals surface area contributed by atoms with Crippen LogP contribution < -0.4 is 0 Å². The number of carbonyl (C=O) groups excluding carboxylic acids is 1. The Labute approximate surface area is 73.9 Å². The van der Waals surface area contributed by atoms with Crippen LogP contribution >= 0.6 is 0 Å². The molecule has 0 aromatic rings. The molecule has 0 amide bonds. The van der Waals surface area contributed by atoms with Crippen molar-refractivity contribution < 1.29 is 9.53 Å². The smallest absolute Gasteiger partial charge is 0.338 e. The number of hydrogen-bond donors (Lipinski definition) is 0. The summed E-state index contributed by atoms with van der Waals surface area (Å²) in [5, 5.41) is 0. The first-order chi connectivity index (χ1) is 5.61. The highest BCUT2D eigenvalue weighted by Gasteiger charge is 2.04. The number of ether oxygens (including phenoxy) is 1. The van der Waals surface area contributed by atoms with Crippen LogP contribution in [0, 0.1) is 0 Å². The zero-order valence-corrected chi connectivity index (χ0v) is 8.02. The van der Waals surface area contributed by atoms with E-state index in [9.17, 15) is 4.79 Å². The zero-order valence-electron chi connectivity index (χ0n) is 8.02. The van der Waals surface area contributed by atoms with Crippen LogP contribution in [0.15, 0.2) is 24.0 Å². The predicted molar refractivity (Wildman–Crippen MR) is 49.6 cm³/mol. The molecule has 0 unspecified atom stereocenters. The lowest BCUT2D eigenvalue weighted by atomic mass is 10.3. The average Bonchev–Trinajstić information content (AvgIpc) is 2.03. The number of carbonyl (C=O) groups is 1. The summed E-state index contributed by atoms with van der Waals surface area (Å²) in [4.78, 5) is 11.0. The van der Waals surface area contributed by atoms with E-state index >= 15 is 0 Å². The van der Waals surface area contributed by atoms with Gasteiger partial charge in [-0.1, -0.05) is 20.4 Å². The monoisotopic (exact) mass is 168 g/mol. The van der Waals surface area contributed by atoms with E-state index in [-0.39, 0.29) is 5.97 Å². The summed E-state index contributed by atoms with van der Waals surface area (Å²) in [6, 6.07) is 0. The van der Waals surface area contributed by atoms with Gasteiger partial charge in [0.25, 0.3) is 0 Å². The van der Waals surface area contributed by atoms with Crippen LogP contribution in [0.1, 0.15) is 33.6 Å². The molecule has 68 valence electrons. The second kappa shape index (κ2) is 5.58. The minimum atomic E-state index is -0.337. The molecular weight excluding hydrogens is 152 g/mol. The second-order valence-electron chi connectivity index (χ2n) is 2.60. The Kier molecular flexibility index (Phi) is 5.09. The molecular formula is C10H16O2. The highest BCUT2D eigenvalue weighted by atomic mass is 16.5. The maximum Gasteiger partial charge on any atom is 0.338 e. The van der Waals surface area contributed by atoms with Crippen molar-refractivity contribution in [2.24, 2.45) is 0 Å². The molecule has 0 aromatic carbocycles. The lowest BCUT2D eigenvalue weighted by molar-refractivity contribution is -0.135. The van der Waals surface area contributed by atoms with E-state index in [1.54, 1.807) is 6.92 Å². The quantitative estimate of drug-likeness (QED) is 0.366. The largest absolute Gasteiger partial charge is 0.428 e. The zero-order chi connectivity index (χ0) is 9.56. The van der Waals surface area contributed by atoms with Crippen molar-refractivity contribution in [3.05, 3.63) is 24.0 Å². The summed E-state index contributed by atoms with van der Waals surface area (Å²) >= 11 is 0. The molecule has 0 N–H and O–H groups in total. The third-order valence-corrected chi connectivity index (χ3v) is 1.35. The van der Waals surface area contributed by atoms with Crippen molar-refractivity contribution in [1.82, 2.24) is 0 Å². The van der Waals surface area contributed by atoms with Crippen molar-refractivity contribution in [3.63, 3.8) is 0 Å². The molecule has 0 heterocycles. The fourth-order valence-corrected chi connectivity index (χ4v) is 0.692. The Balaban J connectivity index is 4.12. The van der Waals surface area contributed by atoms with Gasteiger partial charge in [-0.3, -0.25) is 0 Å². The van der Waals surface area contributed by atoms with E-state index in [2.05, 4.69) is 6.58 Å². The van der Waals surface area contributed by atoms with Crippen LogP contribution in [0.5, 0.6) is 0 Å². The van der Waals surface area contributed by atoms with Crippen molar-refractivity contribution in [2.75, 3.05) is 0 Å². The molecule has 0 saturated carbocycles. The van der Waals surface area contributed by atoms with Crippen LogP contribution in [0.3, 0.4) is 0 Å². The first-order valence-corrected chi connectivity index (χ1v) is 4.18. The Bertz CT molecular complexity index is 202. The van der Waals surface area contributed by atoms with Gasteiger partial charge in [0.1, 0.15) is 5.76 Å².